The van der Waals surface area contributed by atoms with Crippen LogP contribution in [-0.2, 0) is 9.53 Å². The van der Waals surface area contributed by atoms with E-state index in [1.807, 2.05) is 79.1 Å². The second-order valence-electron chi connectivity index (χ2n) is 8.72. The second-order valence-corrected chi connectivity index (χ2v) is 10.6. The van der Waals surface area contributed by atoms with Crippen molar-refractivity contribution in [3.63, 3.8) is 0 Å². The smallest absolute Gasteiger partial charge is 0.338 e. The van der Waals surface area contributed by atoms with Crippen LogP contribution in [0, 0.1) is 11.3 Å². The Hall–Kier alpha value is -4.39. The molecule has 40 heavy (non-hydrogen) atoms. The number of nitrogens with zero attached hydrogens (tertiary/aromatic N) is 3. The SMILES string of the molecule is CCOC(=O)C1=C(c2ccccc2)N=c2s/c(=C\c3ccc(OCC#N)cc3)c(=O)n2C1c1ccc(SC)cc1. The molecule has 0 aliphatic carbocycles. The van der Waals surface area contributed by atoms with Crippen LogP contribution >= 0.6 is 23.1 Å². The van der Waals surface area contributed by atoms with Crippen LogP contribution in [-0.4, -0.2) is 30.0 Å². The largest absolute Gasteiger partial charge is 0.479 e. The number of thiazole rings is 1. The standard InChI is InChI=1S/C31H25N3O4S2/c1-3-37-30(36)26-27(21-7-5-4-6-8-21)33-31-34(28(26)22-11-15-24(39-2)16-12-22)29(35)25(40-31)19-20-9-13-23(14-10-20)38-18-17-32/h4-16,19,28H,3,18H2,1-2H3/b25-19-. The minimum atomic E-state index is -0.717. The highest BCUT2D eigenvalue weighted by Crippen LogP contribution is 2.35. The highest BCUT2D eigenvalue weighted by atomic mass is 32.2. The lowest BCUT2D eigenvalue weighted by Gasteiger charge is -2.26. The number of hydrogen-bond acceptors (Lipinski definition) is 8. The van der Waals surface area contributed by atoms with Crippen LogP contribution in [0.4, 0.5) is 0 Å². The molecule has 200 valence electrons. The van der Waals surface area contributed by atoms with Gasteiger partial charge in [-0.3, -0.25) is 9.36 Å². The van der Waals surface area contributed by atoms with Crippen molar-refractivity contribution in [2.45, 2.75) is 17.9 Å². The molecule has 0 spiro atoms. The van der Waals surface area contributed by atoms with Crippen molar-refractivity contribution in [3.8, 4) is 11.8 Å². The van der Waals surface area contributed by atoms with Crippen LogP contribution in [0.15, 0.2) is 99.1 Å². The van der Waals surface area contributed by atoms with E-state index in [0.29, 0.717) is 26.4 Å². The van der Waals surface area contributed by atoms with E-state index in [1.165, 1.54) is 11.3 Å². The summed E-state index contributed by atoms with van der Waals surface area (Å²) in [5.41, 5.74) is 2.91. The number of ether oxygens (including phenoxy) is 2. The van der Waals surface area contributed by atoms with Gasteiger partial charge in [0.25, 0.3) is 5.56 Å². The Morgan fingerprint density at radius 2 is 1.82 bits per heavy atom. The molecule has 0 radical (unpaired) electrons. The zero-order chi connectivity index (χ0) is 28.1. The maximum absolute atomic E-state index is 13.9. The number of benzene rings is 3. The maximum atomic E-state index is 13.9. The topological polar surface area (TPSA) is 93.7 Å². The van der Waals surface area contributed by atoms with Gasteiger partial charge in [0.15, 0.2) is 11.4 Å². The summed E-state index contributed by atoms with van der Waals surface area (Å²) >= 11 is 2.89. The number of hydrogen-bond donors (Lipinski definition) is 0. The lowest BCUT2D eigenvalue weighted by atomic mass is 9.93. The molecule has 4 aromatic rings. The van der Waals surface area contributed by atoms with Gasteiger partial charge in [0, 0.05) is 10.5 Å². The fraction of sp³-hybridized carbons (Fsp3) is 0.161. The van der Waals surface area contributed by atoms with E-state index in [2.05, 4.69) is 0 Å². The minimum Gasteiger partial charge on any atom is -0.479 e. The summed E-state index contributed by atoms with van der Waals surface area (Å²) in [5.74, 6) is 0.0618. The fourth-order valence-electron chi connectivity index (χ4n) is 4.47. The zero-order valence-electron chi connectivity index (χ0n) is 21.9. The summed E-state index contributed by atoms with van der Waals surface area (Å²) in [6, 6.07) is 25.7. The fourth-order valence-corrected chi connectivity index (χ4v) is 5.88. The zero-order valence-corrected chi connectivity index (χ0v) is 23.5. The number of rotatable bonds is 8. The van der Waals surface area contributed by atoms with Crippen molar-refractivity contribution < 1.29 is 14.3 Å². The van der Waals surface area contributed by atoms with Crippen LogP contribution in [0.1, 0.15) is 29.7 Å². The van der Waals surface area contributed by atoms with E-state index >= 15 is 0 Å². The van der Waals surface area contributed by atoms with Crippen LogP contribution < -0.4 is 19.6 Å². The molecular weight excluding hydrogens is 542 g/mol. The van der Waals surface area contributed by atoms with Gasteiger partial charge < -0.3 is 9.47 Å². The molecule has 1 aromatic heterocycles. The van der Waals surface area contributed by atoms with Crippen LogP contribution in [0.2, 0.25) is 0 Å². The molecule has 0 amide bonds. The summed E-state index contributed by atoms with van der Waals surface area (Å²) in [7, 11) is 0. The number of carbonyl (C=O) groups is 1. The van der Waals surface area contributed by atoms with Gasteiger partial charge in [-0.05, 0) is 54.6 Å². The summed E-state index contributed by atoms with van der Waals surface area (Å²) < 4.78 is 12.9. The predicted octanol–water partition coefficient (Wildman–Crippen LogP) is 4.56. The van der Waals surface area contributed by atoms with Gasteiger partial charge in [-0.2, -0.15) is 5.26 Å². The average Bonchev–Trinajstić information content (AvgIpc) is 3.30. The predicted molar refractivity (Wildman–Crippen MR) is 157 cm³/mol. The number of aromatic nitrogens is 1. The number of thioether (sulfide) groups is 1. The van der Waals surface area contributed by atoms with Crippen molar-refractivity contribution in [1.82, 2.24) is 4.57 Å². The highest BCUT2D eigenvalue weighted by molar-refractivity contribution is 7.98. The van der Waals surface area contributed by atoms with Gasteiger partial charge in [-0.25, -0.2) is 9.79 Å². The summed E-state index contributed by atoms with van der Waals surface area (Å²) in [6.07, 6.45) is 3.79. The molecule has 1 atom stereocenters. The van der Waals surface area contributed by atoms with Gasteiger partial charge in [0.05, 0.1) is 28.5 Å². The molecule has 0 fully saturated rings. The molecular formula is C31H25N3O4S2. The van der Waals surface area contributed by atoms with Crippen molar-refractivity contribution in [2.75, 3.05) is 19.5 Å². The van der Waals surface area contributed by atoms with Crippen molar-refractivity contribution in [1.29, 1.82) is 5.26 Å². The Morgan fingerprint density at radius 3 is 2.48 bits per heavy atom. The van der Waals surface area contributed by atoms with Crippen molar-refractivity contribution in [2.24, 2.45) is 4.99 Å². The molecule has 1 aliphatic heterocycles. The third kappa shape index (κ3) is 5.50. The number of esters is 1. The quantitative estimate of drug-likeness (QED) is 0.229. The first-order chi connectivity index (χ1) is 19.5. The van der Waals surface area contributed by atoms with Gasteiger partial charge in [0.1, 0.15) is 11.8 Å². The number of carbonyl (C=O) groups excluding carboxylic acids is 1. The second kappa shape index (κ2) is 12.2. The molecule has 0 N–H and O–H groups in total. The molecule has 9 heteroatoms. The third-order valence-electron chi connectivity index (χ3n) is 6.29. The Labute approximate surface area is 239 Å². The van der Waals surface area contributed by atoms with E-state index in [4.69, 9.17) is 19.7 Å². The minimum absolute atomic E-state index is 0.0393. The molecule has 0 bridgehead atoms. The lowest BCUT2D eigenvalue weighted by molar-refractivity contribution is -0.138. The summed E-state index contributed by atoms with van der Waals surface area (Å²) in [6.45, 7) is 1.91. The van der Waals surface area contributed by atoms with E-state index in [1.54, 1.807) is 41.5 Å². The summed E-state index contributed by atoms with van der Waals surface area (Å²) in [4.78, 5) is 33.9. The van der Waals surface area contributed by atoms with Gasteiger partial charge >= 0.3 is 5.97 Å². The Bertz CT molecular complexity index is 1780. The van der Waals surface area contributed by atoms with Crippen LogP contribution in [0.3, 0.4) is 0 Å². The summed E-state index contributed by atoms with van der Waals surface area (Å²) in [5, 5.41) is 8.73. The molecule has 0 saturated carbocycles. The van der Waals surface area contributed by atoms with E-state index < -0.39 is 12.0 Å². The van der Waals surface area contributed by atoms with Gasteiger partial charge in [-0.1, -0.05) is 65.9 Å². The maximum Gasteiger partial charge on any atom is 0.338 e. The molecule has 7 nitrogen and oxygen atoms in total. The first-order valence-electron chi connectivity index (χ1n) is 12.6. The monoisotopic (exact) mass is 567 g/mol. The Balaban J connectivity index is 1.73. The molecule has 1 aliphatic rings. The van der Waals surface area contributed by atoms with Gasteiger partial charge in [-0.15, -0.1) is 11.8 Å². The first-order valence-corrected chi connectivity index (χ1v) is 14.6. The number of nitriles is 1. The number of fused-ring (bicyclic) bond motifs is 1. The molecule has 1 unspecified atom stereocenters. The normalized spacial score (nSPS) is 14.7. The van der Waals surface area contributed by atoms with E-state index in [9.17, 15) is 9.59 Å². The van der Waals surface area contributed by atoms with Gasteiger partial charge in [0.2, 0.25) is 0 Å². The first kappa shape index (κ1) is 27.2. The van der Waals surface area contributed by atoms with Crippen LogP contribution in [0.25, 0.3) is 11.8 Å². The lowest BCUT2D eigenvalue weighted by Crippen LogP contribution is -2.40. The molecule has 5 rings (SSSR count). The molecule has 2 heterocycles. The average molecular weight is 568 g/mol. The Kier molecular flexibility index (Phi) is 8.29. The molecule has 0 saturated heterocycles. The van der Waals surface area contributed by atoms with Crippen LogP contribution in [0.5, 0.6) is 5.75 Å². The highest BCUT2D eigenvalue weighted by Gasteiger charge is 2.35. The van der Waals surface area contributed by atoms with Crippen molar-refractivity contribution >= 4 is 40.8 Å². The molecule has 3 aromatic carbocycles. The van der Waals surface area contributed by atoms with E-state index in [-0.39, 0.29) is 18.8 Å². The van der Waals surface area contributed by atoms with E-state index in [0.717, 1.165) is 21.6 Å². The van der Waals surface area contributed by atoms with Crippen molar-refractivity contribution in [3.05, 3.63) is 121 Å². The third-order valence-corrected chi connectivity index (χ3v) is 8.01. The Morgan fingerprint density at radius 1 is 1.10 bits per heavy atom.